The molecule has 84 valence electrons. The minimum Gasteiger partial charge on any atom is -0.393 e. The molecule has 0 aromatic carbocycles. The average Bonchev–Trinajstić information content (AvgIpc) is 2.31. The van der Waals surface area contributed by atoms with Gasteiger partial charge in [0.25, 0.3) is 0 Å². The predicted molar refractivity (Wildman–Crippen MR) is 58.3 cm³/mol. The average molecular weight is 200 g/mol. The van der Waals surface area contributed by atoms with Crippen LogP contribution in [0.25, 0.3) is 0 Å². The molecule has 2 heteroatoms. The molecular formula is C12H24O2. The first-order valence-corrected chi connectivity index (χ1v) is 6.00. The highest BCUT2D eigenvalue weighted by Crippen LogP contribution is 2.25. The van der Waals surface area contributed by atoms with Gasteiger partial charge in [0.15, 0.2) is 0 Å². The van der Waals surface area contributed by atoms with E-state index in [2.05, 4.69) is 13.8 Å². The van der Waals surface area contributed by atoms with Gasteiger partial charge in [-0.15, -0.1) is 0 Å². The Morgan fingerprint density at radius 1 is 1.21 bits per heavy atom. The van der Waals surface area contributed by atoms with Crippen LogP contribution in [-0.2, 0) is 4.74 Å². The van der Waals surface area contributed by atoms with Gasteiger partial charge in [-0.1, -0.05) is 19.3 Å². The van der Waals surface area contributed by atoms with Gasteiger partial charge in [-0.25, -0.2) is 0 Å². The van der Waals surface area contributed by atoms with E-state index in [1.54, 1.807) is 0 Å². The van der Waals surface area contributed by atoms with E-state index in [0.717, 1.165) is 19.4 Å². The highest BCUT2D eigenvalue weighted by atomic mass is 16.5. The van der Waals surface area contributed by atoms with Crippen molar-refractivity contribution < 1.29 is 9.84 Å². The SMILES string of the molecule is CC(C)OCCC1CCCCCC1O. The second-order valence-electron chi connectivity index (χ2n) is 4.67. The molecule has 0 spiro atoms. The summed E-state index contributed by atoms with van der Waals surface area (Å²) in [6.45, 7) is 4.92. The van der Waals surface area contributed by atoms with Crippen molar-refractivity contribution in [3.63, 3.8) is 0 Å². The molecule has 14 heavy (non-hydrogen) atoms. The van der Waals surface area contributed by atoms with Gasteiger partial charge in [-0.2, -0.15) is 0 Å². The topological polar surface area (TPSA) is 29.5 Å². The standard InChI is InChI=1S/C12H24O2/c1-10(2)14-9-8-11-6-4-3-5-7-12(11)13/h10-13H,3-9H2,1-2H3. The van der Waals surface area contributed by atoms with Crippen LogP contribution in [0.1, 0.15) is 52.4 Å². The molecule has 0 bridgehead atoms. The van der Waals surface area contributed by atoms with Crippen molar-refractivity contribution >= 4 is 0 Å². The van der Waals surface area contributed by atoms with Crippen molar-refractivity contribution in [1.82, 2.24) is 0 Å². The van der Waals surface area contributed by atoms with Crippen LogP contribution in [0.4, 0.5) is 0 Å². The number of hydrogen-bond donors (Lipinski definition) is 1. The molecule has 0 radical (unpaired) electrons. The zero-order valence-corrected chi connectivity index (χ0v) is 9.54. The lowest BCUT2D eigenvalue weighted by molar-refractivity contribution is 0.0379. The van der Waals surface area contributed by atoms with Crippen LogP contribution in [-0.4, -0.2) is 23.9 Å². The number of aliphatic hydroxyl groups excluding tert-OH is 1. The summed E-state index contributed by atoms with van der Waals surface area (Å²) in [6, 6.07) is 0. The fraction of sp³-hybridized carbons (Fsp3) is 1.00. The molecule has 2 nitrogen and oxygen atoms in total. The van der Waals surface area contributed by atoms with Gasteiger partial charge >= 0.3 is 0 Å². The van der Waals surface area contributed by atoms with Crippen LogP contribution in [0, 0.1) is 5.92 Å². The Bertz CT molecular complexity index is 145. The molecule has 0 heterocycles. The Morgan fingerprint density at radius 2 is 1.93 bits per heavy atom. The molecule has 1 fully saturated rings. The van der Waals surface area contributed by atoms with Gasteiger partial charge < -0.3 is 9.84 Å². The molecule has 2 atom stereocenters. The Balaban J connectivity index is 2.19. The maximum Gasteiger partial charge on any atom is 0.0569 e. The van der Waals surface area contributed by atoms with E-state index in [9.17, 15) is 5.11 Å². The largest absolute Gasteiger partial charge is 0.393 e. The molecule has 0 aromatic heterocycles. The summed E-state index contributed by atoms with van der Waals surface area (Å²) in [5.74, 6) is 0.483. The molecule has 2 unspecified atom stereocenters. The van der Waals surface area contributed by atoms with Crippen LogP contribution < -0.4 is 0 Å². The van der Waals surface area contributed by atoms with Gasteiger partial charge in [-0.3, -0.25) is 0 Å². The first-order valence-electron chi connectivity index (χ1n) is 6.00. The molecule has 0 amide bonds. The number of ether oxygens (including phenoxy) is 1. The zero-order valence-electron chi connectivity index (χ0n) is 9.54. The highest BCUT2D eigenvalue weighted by Gasteiger charge is 2.21. The van der Waals surface area contributed by atoms with Gasteiger partial charge in [0, 0.05) is 6.61 Å². The third-order valence-electron chi connectivity index (χ3n) is 3.06. The Morgan fingerprint density at radius 3 is 2.64 bits per heavy atom. The molecule has 1 N–H and O–H groups in total. The van der Waals surface area contributed by atoms with E-state index >= 15 is 0 Å². The summed E-state index contributed by atoms with van der Waals surface area (Å²) in [6.07, 6.45) is 7.21. The lowest BCUT2D eigenvalue weighted by atomic mass is 9.94. The normalized spacial score (nSPS) is 29.1. The maximum absolute atomic E-state index is 9.86. The fourth-order valence-electron chi connectivity index (χ4n) is 2.16. The summed E-state index contributed by atoms with van der Waals surface area (Å²) in [5, 5.41) is 9.86. The molecule has 0 aromatic rings. The molecular weight excluding hydrogens is 176 g/mol. The molecule has 1 aliphatic carbocycles. The van der Waals surface area contributed by atoms with Crippen molar-refractivity contribution in [2.75, 3.05) is 6.61 Å². The van der Waals surface area contributed by atoms with E-state index < -0.39 is 0 Å². The third kappa shape index (κ3) is 4.43. The highest BCUT2D eigenvalue weighted by molar-refractivity contribution is 4.72. The summed E-state index contributed by atoms with van der Waals surface area (Å²) in [4.78, 5) is 0. The van der Waals surface area contributed by atoms with E-state index in [4.69, 9.17) is 4.74 Å². The lowest BCUT2D eigenvalue weighted by Gasteiger charge is -2.20. The van der Waals surface area contributed by atoms with Crippen molar-refractivity contribution in [3.05, 3.63) is 0 Å². The second kappa shape index (κ2) is 6.41. The first-order chi connectivity index (χ1) is 6.70. The van der Waals surface area contributed by atoms with E-state index in [1.165, 1.54) is 25.7 Å². The van der Waals surface area contributed by atoms with Crippen LogP contribution in [0.5, 0.6) is 0 Å². The minimum atomic E-state index is -0.0757. The van der Waals surface area contributed by atoms with E-state index in [-0.39, 0.29) is 6.10 Å². The smallest absolute Gasteiger partial charge is 0.0569 e. The summed E-state index contributed by atoms with van der Waals surface area (Å²) < 4.78 is 5.52. The van der Waals surface area contributed by atoms with Crippen molar-refractivity contribution in [2.24, 2.45) is 5.92 Å². The Labute approximate surface area is 87.7 Å². The predicted octanol–water partition coefficient (Wildman–Crippen LogP) is 2.74. The van der Waals surface area contributed by atoms with Gasteiger partial charge in [0.05, 0.1) is 12.2 Å². The van der Waals surface area contributed by atoms with Crippen LogP contribution in [0.15, 0.2) is 0 Å². The van der Waals surface area contributed by atoms with Crippen LogP contribution >= 0.6 is 0 Å². The van der Waals surface area contributed by atoms with Crippen LogP contribution in [0.3, 0.4) is 0 Å². The van der Waals surface area contributed by atoms with E-state index in [0.29, 0.717) is 12.0 Å². The quantitative estimate of drug-likeness (QED) is 0.707. The molecule has 1 saturated carbocycles. The summed E-state index contributed by atoms with van der Waals surface area (Å²) in [5.41, 5.74) is 0. The van der Waals surface area contributed by atoms with Gasteiger partial charge in [0.2, 0.25) is 0 Å². The van der Waals surface area contributed by atoms with Gasteiger partial charge in [0.1, 0.15) is 0 Å². The van der Waals surface area contributed by atoms with Gasteiger partial charge in [-0.05, 0) is 39.0 Å². The number of rotatable bonds is 4. The number of hydrogen-bond acceptors (Lipinski definition) is 2. The molecule has 0 saturated heterocycles. The Hall–Kier alpha value is -0.0800. The van der Waals surface area contributed by atoms with Crippen molar-refractivity contribution in [2.45, 2.75) is 64.6 Å². The first kappa shape index (κ1) is 12.0. The fourth-order valence-corrected chi connectivity index (χ4v) is 2.16. The Kier molecular flexibility index (Phi) is 5.49. The summed E-state index contributed by atoms with van der Waals surface area (Å²) in [7, 11) is 0. The number of aliphatic hydroxyl groups is 1. The third-order valence-corrected chi connectivity index (χ3v) is 3.06. The maximum atomic E-state index is 9.86. The summed E-state index contributed by atoms with van der Waals surface area (Å²) >= 11 is 0. The van der Waals surface area contributed by atoms with Crippen molar-refractivity contribution in [3.8, 4) is 0 Å². The molecule has 1 aliphatic rings. The van der Waals surface area contributed by atoms with Crippen LogP contribution in [0.2, 0.25) is 0 Å². The monoisotopic (exact) mass is 200 g/mol. The lowest BCUT2D eigenvalue weighted by Crippen LogP contribution is -2.21. The molecule has 1 rings (SSSR count). The second-order valence-corrected chi connectivity index (χ2v) is 4.67. The van der Waals surface area contributed by atoms with E-state index in [1.807, 2.05) is 0 Å². The minimum absolute atomic E-state index is 0.0757. The molecule has 0 aliphatic heterocycles. The van der Waals surface area contributed by atoms with Crippen molar-refractivity contribution in [1.29, 1.82) is 0 Å². The zero-order chi connectivity index (χ0) is 10.4.